The molecule has 17 heavy (non-hydrogen) atoms. The standard InChI is InChI=1S/C12H12N2O3/c1-8(15)17-9-3-4-10(11(7-9)16-2)12-13-5-6-14-12/h3-7H,1-2H3,(H,13,14). The van der Waals surface area contributed by atoms with E-state index in [1.165, 1.54) is 6.92 Å². The lowest BCUT2D eigenvalue weighted by molar-refractivity contribution is -0.131. The third-order valence-electron chi connectivity index (χ3n) is 2.19. The third-order valence-corrected chi connectivity index (χ3v) is 2.19. The SMILES string of the molecule is COc1cc(OC(C)=O)ccc1-c1ncc[nH]1. The smallest absolute Gasteiger partial charge is 0.308 e. The van der Waals surface area contributed by atoms with E-state index < -0.39 is 0 Å². The molecule has 0 unspecified atom stereocenters. The van der Waals surface area contributed by atoms with Gasteiger partial charge < -0.3 is 14.5 Å². The van der Waals surface area contributed by atoms with Crippen LogP contribution in [0, 0.1) is 0 Å². The number of carbonyl (C=O) groups excluding carboxylic acids is 1. The van der Waals surface area contributed by atoms with Crippen molar-refractivity contribution in [3.05, 3.63) is 30.6 Å². The molecule has 1 aromatic carbocycles. The second-order valence-electron chi connectivity index (χ2n) is 3.39. The van der Waals surface area contributed by atoms with Crippen molar-refractivity contribution in [1.29, 1.82) is 0 Å². The fraction of sp³-hybridized carbons (Fsp3) is 0.167. The summed E-state index contributed by atoms with van der Waals surface area (Å²) in [5, 5.41) is 0. The lowest BCUT2D eigenvalue weighted by Crippen LogP contribution is -2.01. The number of esters is 1. The molecule has 88 valence electrons. The highest BCUT2D eigenvalue weighted by atomic mass is 16.5. The van der Waals surface area contributed by atoms with E-state index in [2.05, 4.69) is 9.97 Å². The molecule has 0 saturated carbocycles. The van der Waals surface area contributed by atoms with Crippen LogP contribution in [0.25, 0.3) is 11.4 Å². The first-order valence-corrected chi connectivity index (χ1v) is 5.07. The second kappa shape index (κ2) is 4.69. The van der Waals surface area contributed by atoms with Crippen LogP contribution in [0.3, 0.4) is 0 Å². The lowest BCUT2D eigenvalue weighted by Gasteiger charge is -2.08. The molecule has 0 bridgehead atoms. The number of carbonyl (C=O) groups is 1. The molecule has 0 aliphatic heterocycles. The zero-order valence-corrected chi connectivity index (χ0v) is 9.56. The van der Waals surface area contributed by atoms with Crippen molar-refractivity contribution in [2.75, 3.05) is 7.11 Å². The zero-order valence-electron chi connectivity index (χ0n) is 9.56. The maximum absolute atomic E-state index is 10.8. The summed E-state index contributed by atoms with van der Waals surface area (Å²) in [6, 6.07) is 5.14. The van der Waals surface area contributed by atoms with Crippen molar-refractivity contribution < 1.29 is 14.3 Å². The largest absolute Gasteiger partial charge is 0.496 e. The Bertz CT molecular complexity index is 521. The van der Waals surface area contributed by atoms with E-state index in [4.69, 9.17) is 9.47 Å². The number of nitrogens with zero attached hydrogens (tertiary/aromatic N) is 1. The number of aromatic amines is 1. The highest BCUT2D eigenvalue weighted by Crippen LogP contribution is 2.31. The number of hydrogen-bond donors (Lipinski definition) is 1. The average Bonchev–Trinajstić information content (AvgIpc) is 2.81. The van der Waals surface area contributed by atoms with Crippen molar-refractivity contribution in [3.63, 3.8) is 0 Å². The molecule has 0 saturated heterocycles. The van der Waals surface area contributed by atoms with Gasteiger partial charge in [-0.3, -0.25) is 4.79 Å². The van der Waals surface area contributed by atoms with Gasteiger partial charge in [0.05, 0.1) is 12.7 Å². The number of H-pyrrole nitrogens is 1. The van der Waals surface area contributed by atoms with Crippen LogP contribution in [0.15, 0.2) is 30.6 Å². The predicted octanol–water partition coefficient (Wildman–Crippen LogP) is 2.01. The first-order chi connectivity index (χ1) is 8.20. The summed E-state index contributed by atoms with van der Waals surface area (Å²) in [6.45, 7) is 1.35. The van der Waals surface area contributed by atoms with Gasteiger partial charge in [0.2, 0.25) is 0 Å². The van der Waals surface area contributed by atoms with E-state index >= 15 is 0 Å². The van der Waals surface area contributed by atoms with Gasteiger partial charge >= 0.3 is 5.97 Å². The molecule has 0 aliphatic carbocycles. The van der Waals surface area contributed by atoms with E-state index in [0.29, 0.717) is 17.3 Å². The Labute approximate surface area is 98.4 Å². The Morgan fingerprint density at radius 1 is 1.41 bits per heavy atom. The number of rotatable bonds is 3. The first-order valence-electron chi connectivity index (χ1n) is 5.07. The van der Waals surface area contributed by atoms with Crippen molar-refractivity contribution in [2.45, 2.75) is 6.92 Å². The molecule has 0 amide bonds. The second-order valence-corrected chi connectivity index (χ2v) is 3.39. The summed E-state index contributed by atoms with van der Waals surface area (Å²) >= 11 is 0. The lowest BCUT2D eigenvalue weighted by atomic mass is 10.2. The predicted molar refractivity (Wildman–Crippen MR) is 61.9 cm³/mol. The molecule has 0 atom stereocenters. The number of aromatic nitrogens is 2. The summed E-state index contributed by atoms with van der Waals surface area (Å²) in [5.74, 6) is 1.39. The van der Waals surface area contributed by atoms with Crippen molar-refractivity contribution in [2.24, 2.45) is 0 Å². The van der Waals surface area contributed by atoms with Gasteiger partial charge in [0.25, 0.3) is 0 Å². The molecule has 1 aromatic heterocycles. The molecule has 0 radical (unpaired) electrons. The van der Waals surface area contributed by atoms with E-state index in [1.54, 1.807) is 37.7 Å². The van der Waals surface area contributed by atoms with Gasteiger partial charge in [-0.05, 0) is 12.1 Å². The van der Waals surface area contributed by atoms with Crippen LogP contribution in [0.4, 0.5) is 0 Å². The normalized spacial score (nSPS) is 10.0. The summed E-state index contributed by atoms with van der Waals surface area (Å²) in [7, 11) is 1.55. The number of hydrogen-bond acceptors (Lipinski definition) is 4. The molecular formula is C12H12N2O3. The minimum Gasteiger partial charge on any atom is -0.496 e. The fourth-order valence-electron chi connectivity index (χ4n) is 1.51. The Morgan fingerprint density at radius 2 is 2.24 bits per heavy atom. The van der Waals surface area contributed by atoms with Crippen LogP contribution in [-0.2, 0) is 4.79 Å². The molecule has 1 heterocycles. The van der Waals surface area contributed by atoms with Crippen LogP contribution in [0.2, 0.25) is 0 Å². The maximum Gasteiger partial charge on any atom is 0.308 e. The quantitative estimate of drug-likeness (QED) is 0.649. The first kappa shape index (κ1) is 11.2. The summed E-state index contributed by atoms with van der Waals surface area (Å²) in [6.07, 6.45) is 3.39. The molecule has 2 rings (SSSR count). The number of ether oxygens (including phenoxy) is 2. The Morgan fingerprint density at radius 3 is 2.82 bits per heavy atom. The summed E-state index contributed by atoms with van der Waals surface area (Å²) < 4.78 is 10.2. The Kier molecular flexibility index (Phi) is 3.09. The fourth-order valence-corrected chi connectivity index (χ4v) is 1.51. The number of benzene rings is 1. The average molecular weight is 232 g/mol. The highest BCUT2D eigenvalue weighted by Gasteiger charge is 2.10. The van der Waals surface area contributed by atoms with Gasteiger partial charge in [-0.2, -0.15) is 0 Å². The molecule has 2 aromatic rings. The monoisotopic (exact) mass is 232 g/mol. The van der Waals surface area contributed by atoms with E-state index in [9.17, 15) is 4.79 Å². The van der Waals surface area contributed by atoms with Gasteiger partial charge in [0.1, 0.15) is 17.3 Å². The number of imidazole rings is 1. The number of methoxy groups -OCH3 is 1. The topological polar surface area (TPSA) is 64.2 Å². The third kappa shape index (κ3) is 2.44. The zero-order chi connectivity index (χ0) is 12.3. The van der Waals surface area contributed by atoms with Crippen LogP contribution in [0.1, 0.15) is 6.92 Å². The Balaban J connectivity index is 2.38. The van der Waals surface area contributed by atoms with Crippen molar-refractivity contribution in [1.82, 2.24) is 9.97 Å². The molecule has 5 nitrogen and oxygen atoms in total. The maximum atomic E-state index is 10.8. The van der Waals surface area contributed by atoms with Gasteiger partial charge in [-0.15, -0.1) is 0 Å². The number of nitrogens with one attached hydrogen (secondary N) is 1. The van der Waals surface area contributed by atoms with Crippen LogP contribution in [0.5, 0.6) is 11.5 Å². The minimum absolute atomic E-state index is 0.363. The van der Waals surface area contributed by atoms with Crippen molar-refractivity contribution >= 4 is 5.97 Å². The molecule has 5 heteroatoms. The molecule has 1 N–H and O–H groups in total. The van der Waals surface area contributed by atoms with E-state index in [1.807, 2.05) is 0 Å². The van der Waals surface area contributed by atoms with Gasteiger partial charge in [0.15, 0.2) is 0 Å². The van der Waals surface area contributed by atoms with Crippen molar-refractivity contribution in [3.8, 4) is 22.9 Å². The summed E-state index contributed by atoms with van der Waals surface area (Å²) in [4.78, 5) is 18.0. The highest BCUT2D eigenvalue weighted by molar-refractivity contribution is 5.71. The van der Waals surface area contributed by atoms with Crippen LogP contribution in [-0.4, -0.2) is 23.0 Å². The Hall–Kier alpha value is -2.30. The van der Waals surface area contributed by atoms with Gasteiger partial charge in [-0.25, -0.2) is 4.98 Å². The van der Waals surface area contributed by atoms with E-state index in [0.717, 1.165) is 5.56 Å². The summed E-state index contributed by atoms with van der Waals surface area (Å²) in [5.41, 5.74) is 0.813. The van der Waals surface area contributed by atoms with E-state index in [-0.39, 0.29) is 5.97 Å². The van der Waals surface area contributed by atoms with Crippen LogP contribution >= 0.6 is 0 Å². The molecule has 0 fully saturated rings. The van der Waals surface area contributed by atoms with Gasteiger partial charge in [0, 0.05) is 25.4 Å². The molecule has 0 aliphatic rings. The molecule has 0 spiro atoms. The van der Waals surface area contributed by atoms with Gasteiger partial charge in [-0.1, -0.05) is 0 Å². The molecular weight excluding hydrogens is 220 g/mol. The minimum atomic E-state index is -0.363. The van der Waals surface area contributed by atoms with Crippen LogP contribution < -0.4 is 9.47 Å².